The van der Waals surface area contributed by atoms with Gasteiger partial charge in [0.15, 0.2) is 12.2 Å². The van der Waals surface area contributed by atoms with E-state index < -0.39 is 97.5 Å². The summed E-state index contributed by atoms with van der Waals surface area (Å²) in [7, 11) is -9.94. The molecule has 648 valence electrons. The first-order valence-electron chi connectivity index (χ1n) is 46.3. The zero-order valence-corrected chi connectivity index (χ0v) is 73.8. The van der Waals surface area contributed by atoms with Crippen LogP contribution >= 0.6 is 15.6 Å². The third kappa shape index (κ3) is 83.8. The van der Waals surface area contributed by atoms with Crippen LogP contribution in [0.25, 0.3) is 0 Å². The molecule has 19 heteroatoms. The molecular formula is C90H176O17P2. The topological polar surface area (TPSA) is 237 Å². The van der Waals surface area contributed by atoms with Gasteiger partial charge in [0.25, 0.3) is 0 Å². The van der Waals surface area contributed by atoms with E-state index in [1.54, 1.807) is 0 Å². The van der Waals surface area contributed by atoms with E-state index in [2.05, 4.69) is 48.5 Å². The lowest BCUT2D eigenvalue weighted by atomic mass is 10.0. The molecule has 0 bridgehead atoms. The van der Waals surface area contributed by atoms with Crippen LogP contribution < -0.4 is 0 Å². The second-order valence-electron chi connectivity index (χ2n) is 33.8. The minimum absolute atomic E-state index is 0.107. The summed E-state index contributed by atoms with van der Waals surface area (Å²) >= 11 is 0. The van der Waals surface area contributed by atoms with Crippen molar-refractivity contribution in [2.24, 2.45) is 17.8 Å². The van der Waals surface area contributed by atoms with Gasteiger partial charge in [0.2, 0.25) is 0 Å². The number of carbonyl (C=O) groups is 4. The number of carbonyl (C=O) groups excluding carboxylic acids is 4. The lowest BCUT2D eigenvalue weighted by molar-refractivity contribution is -0.161. The number of unbranched alkanes of at least 4 members (excludes halogenated alkanes) is 56. The van der Waals surface area contributed by atoms with E-state index in [0.29, 0.717) is 25.7 Å². The Morgan fingerprint density at radius 3 is 0.624 bits per heavy atom. The van der Waals surface area contributed by atoms with Crippen molar-refractivity contribution in [3.05, 3.63) is 0 Å². The standard InChI is InChI=1S/C90H176O17P2/c1-8-9-10-11-12-13-14-15-16-17-18-19-20-21-26-32-37-44-52-59-66-73-89(94)106-85(77-100-87(92)71-64-57-50-43-36-31-25-23-22-24-29-34-40-47-54-61-68-81(2)3)79-104-108(96,97)102-75-84(91)76-103-109(98,99)105-80-86(78-101-88(93)72-65-58-51-46-39-42-49-56-63-70-83(6)7)107-90(95)74-67-60-53-45-38-33-28-27-30-35-41-48-55-62-69-82(4)5/h81-86,91H,8-80H2,1-7H3,(H,96,97)(H,98,99)/t84-,85-,86-/m1/s1. The van der Waals surface area contributed by atoms with Crippen molar-refractivity contribution in [1.29, 1.82) is 0 Å². The number of phosphoric ester groups is 2. The molecule has 0 amide bonds. The van der Waals surface area contributed by atoms with Crippen molar-refractivity contribution in [1.82, 2.24) is 0 Å². The number of ether oxygens (including phenoxy) is 4. The number of aliphatic hydroxyl groups is 1. The number of hydrogen-bond donors (Lipinski definition) is 3. The van der Waals surface area contributed by atoms with Crippen molar-refractivity contribution in [2.45, 2.75) is 497 Å². The minimum atomic E-state index is -4.97. The molecule has 0 aliphatic rings. The Hall–Kier alpha value is -1.94. The third-order valence-corrected chi connectivity index (χ3v) is 23.0. The van der Waals surface area contributed by atoms with Crippen molar-refractivity contribution in [3.63, 3.8) is 0 Å². The number of hydrogen-bond acceptors (Lipinski definition) is 15. The Bertz CT molecular complexity index is 2100. The van der Waals surface area contributed by atoms with E-state index >= 15 is 0 Å². The molecule has 0 aromatic heterocycles. The van der Waals surface area contributed by atoms with Gasteiger partial charge < -0.3 is 33.8 Å². The highest BCUT2D eigenvalue weighted by Crippen LogP contribution is 2.45. The molecule has 0 aromatic carbocycles. The number of phosphoric acid groups is 2. The second-order valence-corrected chi connectivity index (χ2v) is 36.7. The molecule has 0 aliphatic carbocycles. The van der Waals surface area contributed by atoms with Crippen LogP contribution in [0.5, 0.6) is 0 Å². The molecule has 109 heavy (non-hydrogen) atoms. The van der Waals surface area contributed by atoms with Gasteiger partial charge in [-0.1, -0.05) is 427 Å². The quantitative estimate of drug-likeness (QED) is 0.0222. The van der Waals surface area contributed by atoms with E-state index in [1.807, 2.05) is 0 Å². The highest BCUT2D eigenvalue weighted by atomic mass is 31.2. The van der Waals surface area contributed by atoms with E-state index in [-0.39, 0.29) is 25.7 Å². The maximum Gasteiger partial charge on any atom is 0.472 e. The van der Waals surface area contributed by atoms with Crippen LogP contribution in [-0.4, -0.2) is 96.7 Å². The van der Waals surface area contributed by atoms with Gasteiger partial charge in [0.1, 0.15) is 19.3 Å². The van der Waals surface area contributed by atoms with Crippen LogP contribution in [0.15, 0.2) is 0 Å². The first-order chi connectivity index (χ1) is 52.7. The molecule has 0 saturated carbocycles. The summed E-state index contributed by atoms with van der Waals surface area (Å²) in [6, 6.07) is 0. The fourth-order valence-electron chi connectivity index (χ4n) is 14.1. The maximum absolute atomic E-state index is 13.2. The number of aliphatic hydroxyl groups excluding tert-OH is 1. The predicted molar refractivity (Wildman–Crippen MR) is 451 cm³/mol. The summed E-state index contributed by atoms with van der Waals surface area (Å²) in [6.07, 6.45) is 72.3. The maximum atomic E-state index is 13.2. The smallest absolute Gasteiger partial charge is 0.462 e. The van der Waals surface area contributed by atoms with E-state index in [9.17, 15) is 43.2 Å². The summed E-state index contributed by atoms with van der Waals surface area (Å²) in [6.45, 7) is 12.0. The van der Waals surface area contributed by atoms with E-state index in [1.165, 1.54) is 289 Å². The Balaban J connectivity index is 5.25. The van der Waals surface area contributed by atoms with Crippen LogP contribution in [-0.2, 0) is 65.4 Å². The largest absolute Gasteiger partial charge is 0.472 e. The summed E-state index contributed by atoms with van der Waals surface area (Å²) in [4.78, 5) is 73.4. The highest BCUT2D eigenvalue weighted by molar-refractivity contribution is 7.47. The Labute approximate surface area is 670 Å². The van der Waals surface area contributed by atoms with Crippen LogP contribution in [0.4, 0.5) is 0 Å². The van der Waals surface area contributed by atoms with Crippen molar-refractivity contribution < 1.29 is 80.2 Å². The molecule has 0 aliphatic heterocycles. The zero-order valence-electron chi connectivity index (χ0n) is 72.0. The number of rotatable bonds is 88. The van der Waals surface area contributed by atoms with Crippen LogP contribution in [0.1, 0.15) is 479 Å². The van der Waals surface area contributed by atoms with Gasteiger partial charge in [0, 0.05) is 25.7 Å². The molecule has 0 radical (unpaired) electrons. The molecule has 2 unspecified atom stereocenters. The summed E-state index contributed by atoms with van der Waals surface area (Å²) < 4.78 is 69.1. The van der Waals surface area contributed by atoms with Crippen molar-refractivity contribution in [3.8, 4) is 0 Å². The van der Waals surface area contributed by atoms with Crippen molar-refractivity contribution in [2.75, 3.05) is 39.6 Å². The van der Waals surface area contributed by atoms with Gasteiger partial charge in [-0.25, -0.2) is 9.13 Å². The molecule has 5 atom stereocenters. The van der Waals surface area contributed by atoms with Gasteiger partial charge >= 0.3 is 39.5 Å². The molecular weight excluding hydrogens is 1410 g/mol. The number of esters is 4. The predicted octanol–water partition coefficient (Wildman–Crippen LogP) is 27.6. The van der Waals surface area contributed by atoms with Crippen LogP contribution in [0, 0.1) is 17.8 Å². The first kappa shape index (κ1) is 107. The Kier molecular flexibility index (Phi) is 78.5. The Morgan fingerprint density at radius 2 is 0.422 bits per heavy atom. The molecule has 0 fully saturated rings. The summed E-state index contributed by atoms with van der Waals surface area (Å²) in [5.41, 5.74) is 0. The van der Waals surface area contributed by atoms with Crippen molar-refractivity contribution >= 4 is 39.5 Å². The van der Waals surface area contributed by atoms with Gasteiger partial charge in [-0.3, -0.25) is 37.3 Å². The molecule has 3 N–H and O–H groups in total. The normalized spacial score (nSPS) is 13.8. The summed E-state index contributed by atoms with van der Waals surface area (Å²) in [5.74, 6) is 0.252. The van der Waals surface area contributed by atoms with Gasteiger partial charge in [-0.2, -0.15) is 0 Å². The van der Waals surface area contributed by atoms with Gasteiger partial charge in [-0.15, -0.1) is 0 Å². The molecule has 0 heterocycles. The minimum Gasteiger partial charge on any atom is -0.462 e. The molecule has 0 aromatic rings. The fraction of sp³-hybridized carbons (Fsp3) is 0.956. The highest BCUT2D eigenvalue weighted by Gasteiger charge is 2.31. The monoisotopic (exact) mass is 1590 g/mol. The van der Waals surface area contributed by atoms with Crippen LogP contribution in [0.3, 0.4) is 0 Å². The first-order valence-corrected chi connectivity index (χ1v) is 49.3. The van der Waals surface area contributed by atoms with E-state index in [0.717, 1.165) is 108 Å². The SMILES string of the molecule is CCCCCCCCCCCCCCCCCCCCCCCC(=O)O[C@H](COC(=O)CCCCCCCCCCCCCCCCCCC(C)C)COP(=O)(O)OC[C@@H](O)COP(=O)(O)OC[C@@H](COC(=O)CCCCCCCCCCCC(C)C)OC(=O)CCCCCCCCCCCCCCCCC(C)C. The average Bonchev–Trinajstić information content (AvgIpc) is 0.906. The lowest BCUT2D eigenvalue weighted by Gasteiger charge is -2.21. The molecule has 0 rings (SSSR count). The van der Waals surface area contributed by atoms with Gasteiger partial charge in [0.05, 0.1) is 26.4 Å². The molecule has 0 spiro atoms. The van der Waals surface area contributed by atoms with E-state index in [4.69, 9.17) is 37.0 Å². The fourth-order valence-corrected chi connectivity index (χ4v) is 15.7. The lowest BCUT2D eigenvalue weighted by Crippen LogP contribution is -2.30. The molecule has 17 nitrogen and oxygen atoms in total. The summed E-state index contributed by atoms with van der Waals surface area (Å²) in [5, 5.41) is 10.7. The average molecular weight is 1590 g/mol. The molecule has 0 saturated heterocycles. The third-order valence-electron chi connectivity index (χ3n) is 21.1. The second kappa shape index (κ2) is 79.9. The van der Waals surface area contributed by atoms with Crippen LogP contribution in [0.2, 0.25) is 0 Å². The van der Waals surface area contributed by atoms with Gasteiger partial charge in [-0.05, 0) is 43.4 Å². The Morgan fingerprint density at radius 1 is 0.248 bits per heavy atom. The zero-order chi connectivity index (χ0) is 80.0.